The van der Waals surface area contributed by atoms with Crippen LogP contribution in [-0.4, -0.2) is 64.9 Å². The Hall–Kier alpha value is -1.52. The van der Waals surface area contributed by atoms with E-state index in [-0.39, 0.29) is 12.8 Å². The quantitative estimate of drug-likeness (QED) is 0.0297. The molecule has 12 heteroatoms. The van der Waals surface area contributed by atoms with Crippen LogP contribution in [-0.2, 0) is 32.7 Å². The number of unbranched alkanes of at least 4 members (excludes halogenated alkanes) is 20. The molecule has 0 aliphatic carbocycles. The monoisotopic (exact) mass is 679 g/mol. The van der Waals surface area contributed by atoms with E-state index in [0.717, 1.165) is 38.5 Å². The van der Waals surface area contributed by atoms with Crippen LogP contribution in [0.3, 0.4) is 0 Å². The largest absolute Gasteiger partial charge is 0.480 e. The first kappa shape index (κ1) is 44.5. The fourth-order valence-corrected chi connectivity index (χ4v) is 5.79. The molecular formula is C34H66NO10P. The van der Waals surface area contributed by atoms with E-state index in [2.05, 4.69) is 19.2 Å². The number of rotatable bonds is 34. The fraction of sp³-hybridized carbons (Fsp3) is 0.912. The Labute approximate surface area is 278 Å². The number of carbonyl (C=O) groups is 3. The van der Waals surface area contributed by atoms with Gasteiger partial charge >= 0.3 is 19.8 Å². The lowest BCUT2D eigenvalue weighted by molar-refractivity contribution is -0.147. The second kappa shape index (κ2) is 30.8. The molecule has 46 heavy (non-hydrogen) atoms. The van der Waals surface area contributed by atoms with Gasteiger partial charge in [-0.15, -0.1) is 0 Å². The average molecular weight is 680 g/mol. The van der Waals surface area contributed by atoms with Gasteiger partial charge in [0.15, 0.2) is 6.04 Å². The zero-order chi connectivity index (χ0) is 34.3. The molecule has 0 aromatic carbocycles. The number of esters is 1. The number of carboxylic acids is 1. The maximum Gasteiger partial charge on any atom is 0.472 e. The van der Waals surface area contributed by atoms with Crippen molar-refractivity contribution in [3.63, 3.8) is 0 Å². The van der Waals surface area contributed by atoms with E-state index in [1.54, 1.807) is 0 Å². The van der Waals surface area contributed by atoms with Gasteiger partial charge in [-0.1, -0.05) is 142 Å². The number of carboxylic acid groups (broad SMARTS) is 1. The van der Waals surface area contributed by atoms with Crippen molar-refractivity contribution in [3.05, 3.63) is 0 Å². The van der Waals surface area contributed by atoms with Crippen LogP contribution < -0.4 is 5.32 Å². The number of hydrogen-bond acceptors (Lipinski definition) is 8. The van der Waals surface area contributed by atoms with Crippen LogP contribution in [0.4, 0.5) is 0 Å². The molecule has 0 fully saturated rings. The van der Waals surface area contributed by atoms with Crippen molar-refractivity contribution in [3.8, 4) is 0 Å². The highest BCUT2D eigenvalue weighted by Crippen LogP contribution is 2.43. The van der Waals surface area contributed by atoms with Gasteiger partial charge < -0.3 is 25.2 Å². The third-order valence-electron chi connectivity index (χ3n) is 7.90. The minimum absolute atomic E-state index is 0.151. The van der Waals surface area contributed by atoms with E-state index in [9.17, 15) is 34.1 Å². The summed E-state index contributed by atoms with van der Waals surface area (Å²) in [6.45, 7) is 2.55. The third kappa shape index (κ3) is 29.9. The summed E-state index contributed by atoms with van der Waals surface area (Å²) in [5.41, 5.74) is 0. The second-order valence-electron chi connectivity index (χ2n) is 12.4. The number of nitrogens with one attached hydrogen (secondary N) is 1. The number of aliphatic hydroxyl groups is 1. The van der Waals surface area contributed by atoms with E-state index >= 15 is 0 Å². The van der Waals surface area contributed by atoms with Crippen molar-refractivity contribution in [1.82, 2.24) is 5.32 Å². The molecule has 0 aromatic rings. The molecule has 3 unspecified atom stereocenters. The van der Waals surface area contributed by atoms with Gasteiger partial charge in [-0.05, 0) is 12.8 Å². The molecule has 1 amide bonds. The molecule has 0 aromatic heterocycles. The van der Waals surface area contributed by atoms with Crippen molar-refractivity contribution in [2.45, 2.75) is 180 Å². The summed E-state index contributed by atoms with van der Waals surface area (Å²) in [6, 6.07) is -1.54. The van der Waals surface area contributed by atoms with E-state index in [1.165, 1.54) is 89.9 Å². The number of aliphatic carboxylic acids is 1. The molecule has 0 heterocycles. The zero-order valence-corrected chi connectivity index (χ0v) is 29.8. The summed E-state index contributed by atoms with van der Waals surface area (Å²) < 4.78 is 26.6. The Kier molecular flexibility index (Phi) is 29.8. The highest BCUT2D eigenvalue weighted by atomic mass is 31.2. The van der Waals surface area contributed by atoms with Gasteiger partial charge in [-0.3, -0.25) is 18.6 Å². The smallest absolute Gasteiger partial charge is 0.472 e. The molecule has 11 nitrogen and oxygen atoms in total. The van der Waals surface area contributed by atoms with Crippen LogP contribution in [0.5, 0.6) is 0 Å². The van der Waals surface area contributed by atoms with Crippen LogP contribution in [0.15, 0.2) is 0 Å². The Balaban J connectivity index is 3.98. The van der Waals surface area contributed by atoms with E-state index in [0.29, 0.717) is 12.8 Å². The normalized spacial score (nSPS) is 14.0. The minimum Gasteiger partial charge on any atom is -0.480 e. The number of phosphoric ester groups is 1. The summed E-state index contributed by atoms with van der Waals surface area (Å²) in [4.78, 5) is 45.5. The Morgan fingerprint density at radius 1 is 0.609 bits per heavy atom. The van der Waals surface area contributed by atoms with Crippen LogP contribution in [0.25, 0.3) is 0 Å². The molecular weight excluding hydrogens is 613 g/mol. The molecule has 272 valence electrons. The van der Waals surface area contributed by atoms with Crippen LogP contribution in [0, 0.1) is 0 Å². The second-order valence-corrected chi connectivity index (χ2v) is 13.9. The lowest BCUT2D eigenvalue weighted by Crippen LogP contribution is -2.43. The number of phosphoric acid groups is 1. The van der Waals surface area contributed by atoms with Crippen molar-refractivity contribution in [2.75, 3.05) is 19.8 Å². The number of ether oxygens (including phenoxy) is 1. The van der Waals surface area contributed by atoms with Crippen molar-refractivity contribution < 1.29 is 47.8 Å². The molecule has 0 aliphatic rings. The number of carbonyl (C=O) groups excluding carboxylic acids is 2. The summed E-state index contributed by atoms with van der Waals surface area (Å²) in [5.74, 6) is -2.37. The fourth-order valence-electron chi connectivity index (χ4n) is 5.02. The third-order valence-corrected chi connectivity index (χ3v) is 8.85. The van der Waals surface area contributed by atoms with Crippen LogP contribution in [0.1, 0.15) is 168 Å². The molecule has 0 bridgehead atoms. The molecule has 0 spiro atoms. The van der Waals surface area contributed by atoms with Crippen molar-refractivity contribution >= 4 is 25.7 Å². The lowest BCUT2D eigenvalue weighted by atomic mass is 10.1. The van der Waals surface area contributed by atoms with Gasteiger partial charge in [0.25, 0.3) is 0 Å². The molecule has 0 saturated carbocycles. The predicted octanol–water partition coefficient (Wildman–Crippen LogP) is 8.00. The summed E-state index contributed by atoms with van der Waals surface area (Å²) in [7, 11) is -4.74. The molecule has 0 rings (SSSR count). The summed E-state index contributed by atoms with van der Waals surface area (Å²) in [6.07, 6.45) is 24.3. The standard InChI is InChI=1S/C34H66NO10P/c1-3-5-7-9-11-13-15-17-19-21-23-25-32(37)35-31(34(39)40)29-45-46(41,42)44-28-30(36)27-43-33(38)26-24-22-20-18-16-14-12-10-8-6-4-2/h30-31,36H,3-29H2,1-2H3,(H,35,37)(H,39,40)(H,41,42). The average Bonchev–Trinajstić information content (AvgIpc) is 3.02. The maximum absolute atomic E-state index is 12.2. The molecule has 3 atom stereocenters. The van der Waals surface area contributed by atoms with Gasteiger partial charge in [0.05, 0.1) is 13.2 Å². The lowest BCUT2D eigenvalue weighted by Gasteiger charge is -2.18. The number of amides is 1. The van der Waals surface area contributed by atoms with Gasteiger partial charge in [-0.25, -0.2) is 9.36 Å². The van der Waals surface area contributed by atoms with Gasteiger partial charge in [0.2, 0.25) is 5.91 Å². The highest BCUT2D eigenvalue weighted by molar-refractivity contribution is 7.47. The maximum atomic E-state index is 12.2. The van der Waals surface area contributed by atoms with Crippen molar-refractivity contribution in [1.29, 1.82) is 0 Å². The van der Waals surface area contributed by atoms with E-state index in [4.69, 9.17) is 13.8 Å². The first-order valence-electron chi connectivity index (χ1n) is 18.1. The molecule has 0 aliphatic heterocycles. The predicted molar refractivity (Wildman–Crippen MR) is 180 cm³/mol. The number of aliphatic hydroxyl groups excluding tert-OH is 1. The van der Waals surface area contributed by atoms with Crippen molar-refractivity contribution in [2.24, 2.45) is 0 Å². The zero-order valence-electron chi connectivity index (χ0n) is 28.9. The highest BCUT2D eigenvalue weighted by Gasteiger charge is 2.28. The van der Waals surface area contributed by atoms with E-state index in [1.807, 2.05) is 0 Å². The van der Waals surface area contributed by atoms with Gasteiger partial charge in [0.1, 0.15) is 12.7 Å². The molecule has 0 saturated heterocycles. The Bertz CT molecular complexity index is 813. The van der Waals surface area contributed by atoms with Gasteiger partial charge in [0, 0.05) is 12.8 Å². The van der Waals surface area contributed by atoms with Gasteiger partial charge in [-0.2, -0.15) is 0 Å². The Morgan fingerprint density at radius 3 is 1.43 bits per heavy atom. The first-order valence-corrected chi connectivity index (χ1v) is 19.6. The Morgan fingerprint density at radius 2 is 1.00 bits per heavy atom. The summed E-state index contributed by atoms with van der Waals surface area (Å²) >= 11 is 0. The minimum atomic E-state index is -4.74. The SMILES string of the molecule is CCCCCCCCCCCCCC(=O)NC(COP(=O)(O)OCC(O)COC(=O)CCCCCCCCCCCCC)C(=O)O. The van der Waals surface area contributed by atoms with E-state index < -0.39 is 57.6 Å². The molecule has 0 radical (unpaired) electrons. The van der Waals surface area contributed by atoms with Crippen LogP contribution >= 0.6 is 7.82 Å². The first-order chi connectivity index (χ1) is 22.1. The summed E-state index contributed by atoms with van der Waals surface area (Å²) in [5, 5.41) is 21.7. The van der Waals surface area contributed by atoms with Crippen LogP contribution in [0.2, 0.25) is 0 Å². The molecule has 4 N–H and O–H groups in total. The number of hydrogen-bond donors (Lipinski definition) is 4. The topological polar surface area (TPSA) is 169 Å².